The fourth-order valence-corrected chi connectivity index (χ4v) is 3.30. The third-order valence-electron chi connectivity index (χ3n) is 1.81. The Morgan fingerprint density at radius 2 is 2.00 bits per heavy atom. The molecular weight excluding hydrogens is 296 g/mol. The minimum Gasteiger partial charge on any atom is -0.248 e. The third-order valence-corrected chi connectivity index (χ3v) is 4.97. The van der Waals surface area contributed by atoms with Gasteiger partial charge in [-0.3, -0.25) is 0 Å². The van der Waals surface area contributed by atoms with Gasteiger partial charge in [0.1, 0.15) is 4.21 Å². The summed E-state index contributed by atoms with van der Waals surface area (Å²) in [7, 11) is -1.16. The van der Waals surface area contributed by atoms with E-state index >= 15 is 0 Å². The lowest BCUT2D eigenvalue weighted by Gasteiger charge is -1.99. The Kier molecular flexibility index (Phi) is 3.28. The molecule has 0 saturated carbocycles. The molecule has 15 heavy (non-hydrogen) atoms. The molecule has 0 saturated heterocycles. The lowest BCUT2D eigenvalue weighted by molar-refractivity contribution is 0.684. The normalized spacial score (nSPS) is 12.7. The first-order valence-corrected chi connectivity index (χ1v) is 6.86. The van der Waals surface area contributed by atoms with Crippen LogP contribution in [0.5, 0.6) is 0 Å². The summed E-state index contributed by atoms with van der Waals surface area (Å²) >= 11 is 4.52. The fourth-order valence-electron chi connectivity index (χ4n) is 1.06. The van der Waals surface area contributed by atoms with E-state index in [0.717, 1.165) is 19.3 Å². The number of aromatic nitrogens is 2. The largest absolute Gasteiger partial charge is 0.248 e. The SMILES string of the molecule is Cc1nnsc1[S@](=O)c1ccc(Br)cc1. The zero-order valence-corrected chi connectivity index (χ0v) is 11.0. The first-order valence-electron chi connectivity index (χ1n) is 4.15. The Bertz CT molecular complexity index is 495. The molecule has 0 spiro atoms. The van der Waals surface area contributed by atoms with Crippen molar-refractivity contribution in [2.24, 2.45) is 0 Å². The minimum atomic E-state index is -1.16. The molecule has 1 atom stereocenters. The van der Waals surface area contributed by atoms with E-state index in [-0.39, 0.29) is 0 Å². The van der Waals surface area contributed by atoms with E-state index in [1.54, 1.807) is 0 Å². The van der Waals surface area contributed by atoms with Crippen LogP contribution in [0.4, 0.5) is 0 Å². The van der Waals surface area contributed by atoms with E-state index in [2.05, 4.69) is 25.5 Å². The molecule has 1 aromatic carbocycles. The van der Waals surface area contributed by atoms with Crippen molar-refractivity contribution in [3.05, 3.63) is 34.4 Å². The van der Waals surface area contributed by atoms with Crippen LogP contribution < -0.4 is 0 Å². The van der Waals surface area contributed by atoms with Crippen LogP contribution in [0.1, 0.15) is 5.69 Å². The van der Waals surface area contributed by atoms with Crippen molar-refractivity contribution in [1.29, 1.82) is 0 Å². The van der Waals surface area contributed by atoms with Crippen LogP contribution in [0.3, 0.4) is 0 Å². The van der Waals surface area contributed by atoms with E-state index in [1.165, 1.54) is 11.5 Å². The summed E-state index contributed by atoms with van der Waals surface area (Å²) in [6.45, 7) is 1.82. The van der Waals surface area contributed by atoms with Crippen molar-refractivity contribution in [1.82, 2.24) is 9.59 Å². The fraction of sp³-hybridized carbons (Fsp3) is 0.111. The molecule has 3 nitrogen and oxygen atoms in total. The number of hydrogen-bond donors (Lipinski definition) is 0. The molecule has 0 N–H and O–H groups in total. The Balaban J connectivity index is 2.37. The molecule has 2 rings (SSSR count). The van der Waals surface area contributed by atoms with Gasteiger partial charge in [0, 0.05) is 9.37 Å². The Morgan fingerprint density at radius 1 is 1.33 bits per heavy atom. The van der Waals surface area contributed by atoms with Crippen LogP contribution in [0, 0.1) is 6.92 Å². The van der Waals surface area contributed by atoms with E-state index in [1.807, 2.05) is 31.2 Å². The maximum atomic E-state index is 12.1. The van der Waals surface area contributed by atoms with Crippen molar-refractivity contribution in [2.75, 3.05) is 0 Å². The summed E-state index contributed by atoms with van der Waals surface area (Å²) in [5.41, 5.74) is 0.737. The molecule has 6 heteroatoms. The number of nitrogens with zero attached hydrogens (tertiary/aromatic N) is 2. The van der Waals surface area contributed by atoms with Crippen molar-refractivity contribution >= 4 is 38.3 Å². The molecule has 0 bridgehead atoms. The van der Waals surface area contributed by atoms with Crippen LogP contribution in [0.15, 0.2) is 37.8 Å². The van der Waals surface area contributed by atoms with Gasteiger partial charge in [-0.25, -0.2) is 4.21 Å². The maximum absolute atomic E-state index is 12.1. The number of aryl methyl sites for hydroxylation is 1. The summed E-state index contributed by atoms with van der Waals surface area (Å²) in [5.74, 6) is 0. The average molecular weight is 303 g/mol. The lowest BCUT2D eigenvalue weighted by Crippen LogP contribution is -1.91. The second-order valence-corrected chi connectivity index (χ2v) is 6.21. The average Bonchev–Trinajstić information content (AvgIpc) is 2.65. The molecule has 0 aliphatic carbocycles. The molecule has 0 amide bonds. The van der Waals surface area contributed by atoms with Gasteiger partial charge in [0.25, 0.3) is 0 Å². The van der Waals surface area contributed by atoms with Gasteiger partial charge in [-0.15, -0.1) is 5.10 Å². The molecule has 1 heterocycles. The maximum Gasteiger partial charge on any atom is 0.140 e. The smallest absolute Gasteiger partial charge is 0.140 e. The van der Waals surface area contributed by atoms with Gasteiger partial charge in [0.05, 0.1) is 16.5 Å². The summed E-state index contributed by atoms with van der Waals surface area (Å²) in [4.78, 5) is 0.771. The molecule has 0 aliphatic heterocycles. The highest BCUT2D eigenvalue weighted by Crippen LogP contribution is 2.22. The van der Waals surface area contributed by atoms with Gasteiger partial charge in [-0.1, -0.05) is 20.4 Å². The zero-order valence-electron chi connectivity index (χ0n) is 7.81. The van der Waals surface area contributed by atoms with Gasteiger partial charge in [0.2, 0.25) is 0 Å². The van der Waals surface area contributed by atoms with Crippen molar-refractivity contribution in [3.8, 4) is 0 Å². The van der Waals surface area contributed by atoms with Gasteiger partial charge < -0.3 is 0 Å². The highest BCUT2D eigenvalue weighted by atomic mass is 79.9. The highest BCUT2D eigenvalue weighted by molar-refractivity contribution is 9.10. The second-order valence-electron chi connectivity index (χ2n) is 2.87. The molecule has 2 aromatic rings. The van der Waals surface area contributed by atoms with Crippen molar-refractivity contribution in [2.45, 2.75) is 16.0 Å². The summed E-state index contributed by atoms with van der Waals surface area (Å²) in [6, 6.07) is 7.41. The molecular formula is C9H7BrN2OS2. The molecule has 0 radical (unpaired) electrons. The van der Waals surface area contributed by atoms with Gasteiger partial charge in [0.15, 0.2) is 0 Å². The standard InChI is InChI=1S/C9H7BrN2OS2/c1-6-9(14-12-11-6)15(13)8-4-2-7(10)3-5-8/h2-5H,1H3/t15-/m1/s1. The van der Waals surface area contributed by atoms with Crippen LogP contribution in [-0.4, -0.2) is 13.8 Å². The van der Waals surface area contributed by atoms with Gasteiger partial charge >= 0.3 is 0 Å². The van der Waals surface area contributed by atoms with Gasteiger partial charge in [-0.2, -0.15) is 0 Å². The minimum absolute atomic E-state index is 0.720. The number of hydrogen-bond acceptors (Lipinski definition) is 4. The number of rotatable bonds is 2. The quantitative estimate of drug-likeness (QED) is 0.857. The summed E-state index contributed by atoms with van der Waals surface area (Å²) in [5, 5.41) is 3.85. The number of halogens is 1. The predicted molar refractivity (Wildman–Crippen MR) is 63.5 cm³/mol. The van der Waals surface area contributed by atoms with E-state index < -0.39 is 10.8 Å². The summed E-state index contributed by atoms with van der Waals surface area (Å²) < 4.78 is 17.5. The summed E-state index contributed by atoms with van der Waals surface area (Å²) in [6.07, 6.45) is 0. The Morgan fingerprint density at radius 3 is 2.53 bits per heavy atom. The lowest BCUT2D eigenvalue weighted by atomic mass is 10.4. The van der Waals surface area contributed by atoms with Crippen LogP contribution in [0.25, 0.3) is 0 Å². The van der Waals surface area contributed by atoms with Crippen molar-refractivity contribution < 1.29 is 4.21 Å². The Hall–Kier alpha value is -0.590. The van der Waals surface area contributed by atoms with Crippen LogP contribution in [-0.2, 0) is 10.8 Å². The van der Waals surface area contributed by atoms with Crippen LogP contribution >= 0.6 is 27.5 Å². The molecule has 1 aromatic heterocycles. The molecule has 78 valence electrons. The predicted octanol–water partition coefficient (Wildman–Crippen LogP) is 2.78. The monoisotopic (exact) mass is 302 g/mol. The first-order chi connectivity index (χ1) is 7.18. The first kappa shape index (κ1) is 10.9. The second kappa shape index (κ2) is 4.51. The van der Waals surface area contributed by atoms with Crippen molar-refractivity contribution in [3.63, 3.8) is 0 Å². The third kappa shape index (κ3) is 2.32. The van der Waals surface area contributed by atoms with E-state index in [4.69, 9.17) is 0 Å². The highest BCUT2D eigenvalue weighted by Gasteiger charge is 2.13. The van der Waals surface area contributed by atoms with Crippen LogP contribution in [0.2, 0.25) is 0 Å². The molecule has 0 aliphatic rings. The zero-order chi connectivity index (χ0) is 10.8. The van der Waals surface area contributed by atoms with Gasteiger partial charge in [-0.05, 0) is 42.7 Å². The Labute approximate surface area is 102 Å². The topological polar surface area (TPSA) is 42.9 Å². The van der Waals surface area contributed by atoms with E-state index in [9.17, 15) is 4.21 Å². The molecule has 0 fully saturated rings. The van der Waals surface area contributed by atoms with E-state index in [0.29, 0.717) is 0 Å². The molecule has 0 unspecified atom stereocenters. The number of benzene rings is 1.